The van der Waals surface area contributed by atoms with Crippen LogP contribution in [0.1, 0.15) is 0 Å². The average molecular weight is 245 g/mol. The van der Waals surface area contributed by atoms with Gasteiger partial charge in [0.1, 0.15) is 5.75 Å². The Balaban J connectivity index is 2.16. The van der Waals surface area contributed by atoms with E-state index in [1.54, 1.807) is 7.11 Å². The fourth-order valence-corrected chi connectivity index (χ4v) is 3.15. The van der Waals surface area contributed by atoms with E-state index in [1.807, 2.05) is 42.5 Å². The molecule has 1 aliphatic heterocycles. The maximum absolute atomic E-state index is 12.3. The van der Waals surface area contributed by atoms with Crippen molar-refractivity contribution in [2.24, 2.45) is 0 Å². The summed E-state index contributed by atoms with van der Waals surface area (Å²) in [6, 6.07) is 13.2. The van der Waals surface area contributed by atoms with Gasteiger partial charge in [-0.3, -0.25) is 0 Å². The Morgan fingerprint density at radius 2 is 1.82 bits per heavy atom. The Morgan fingerprint density at radius 3 is 2.65 bits per heavy atom. The molecule has 3 rings (SSSR count). The number of hydrogen-bond acceptors (Lipinski definition) is 3. The summed E-state index contributed by atoms with van der Waals surface area (Å²) in [6.07, 6.45) is 0. The topological polar surface area (TPSA) is 38.3 Å². The summed E-state index contributed by atoms with van der Waals surface area (Å²) in [5.41, 5.74) is 1.74. The van der Waals surface area contributed by atoms with E-state index >= 15 is 0 Å². The van der Waals surface area contributed by atoms with E-state index in [2.05, 4.69) is 5.32 Å². The van der Waals surface area contributed by atoms with Gasteiger partial charge in [-0.05, 0) is 24.3 Å². The summed E-state index contributed by atoms with van der Waals surface area (Å²) < 4.78 is 17.5. The Morgan fingerprint density at radius 1 is 1.06 bits per heavy atom. The molecule has 0 aliphatic carbocycles. The molecule has 2 aromatic rings. The fraction of sp³-hybridized carbons (Fsp3) is 0.0769. The molecular formula is C13H11NO2S. The van der Waals surface area contributed by atoms with E-state index in [9.17, 15) is 4.21 Å². The Bertz CT molecular complexity index is 610. The molecule has 0 saturated heterocycles. The molecule has 0 bridgehead atoms. The van der Waals surface area contributed by atoms with E-state index < -0.39 is 10.8 Å². The molecule has 0 amide bonds. The number of fused-ring (bicyclic) bond motifs is 2. The quantitative estimate of drug-likeness (QED) is 0.716. The predicted molar refractivity (Wildman–Crippen MR) is 67.4 cm³/mol. The maximum Gasteiger partial charge on any atom is 0.121 e. The predicted octanol–water partition coefficient (Wildman–Crippen LogP) is 2.92. The molecule has 17 heavy (non-hydrogen) atoms. The number of rotatable bonds is 1. The van der Waals surface area contributed by atoms with Crippen LogP contribution in [0, 0.1) is 0 Å². The van der Waals surface area contributed by atoms with E-state index in [-0.39, 0.29) is 0 Å². The highest BCUT2D eigenvalue weighted by Gasteiger charge is 2.21. The molecule has 1 atom stereocenters. The van der Waals surface area contributed by atoms with Crippen molar-refractivity contribution in [3.8, 4) is 5.75 Å². The second kappa shape index (κ2) is 3.89. The van der Waals surface area contributed by atoms with Crippen molar-refractivity contribution in [1.29, 1.82) is 0 Å². The highest BCUT2D eigenvalue weighted by molar-refractivity contribution is 7.85. The maximum atomic E-state index is 12.3. The number of nitrogens with one attached hydrogen (secondary N) is 1. The molecular weight excluding hydrogens is 234 g/mol. The van der Waals surface area contributed by atoms with Gasteiger partial charge in [-0.2, -0.15) is 0 Å². The lowest BCUT2D eigenvalue weighted by Crippen LogP contribution is -2.08. The van der Waals surface area contributed by atoms with Gasteiger partial charge in [-0.25, -0.2) is 4.21 Å². The molecule has 86 valence electrons. The second-order valence-corrected chi connectivity index (χ2v) is 5.17. The van der Waals surface area contributed by atoms with Gasteiger partial charge < -0.3 is 10.1 Å². The SMILES string of the molecule is COc1ccc2c(c1)Nc1ccccc1S2=O. The van der Waals surface area contributed by atoms with Crippen LogP contribution >= 0.6 is 0 Å². The first-order valence-corrected chi connectivity index (χ1v) is 6.40. The third-order valence-electron chi connectivity index (χ3n) is 2.74. The summed E-state index contributed by atoms with van der Waals surface area (Å²) in [5, 5.41) is 3.27. The average Bonchev–Trinajstić information content (AvgIpc) is 2.38. The van der Waals surface area contributed by atoms with Crippen molar-refractivity contribution < 1.29 is 8.95 Å². The van der Waals surface area contributed by atoms with Gasteiger partial charge in [-0.15, -0.1) is 0 Å². The number of para-hydroxylation sites is 1. The largest absolute Gasteiger partial charge is 0.497 e. The lowest BCUT2D eigenvalue weighted by Gasteiger charge is -2.20. The normalized spacial score (nSPS) is 16.6. The molecule has 1 unspecified atom stereocenters. The molecule has 1 heterocycles. The number of benzene rings is 2. The minimum absolute atomic E-state index is 0.757. The zero-order chi connectivity index (χ0) is 11.8. The Hall–Kier alpha value is -1.81. The monoisotopic (exact) mass is 245 g/mol. The summed E-state index contributed by atoms with van der Waals surface area (Å²) in [7, 11) is 0.502. The van der Waals surface area contributed by atoms with Gasteiger partial charge in [0, 0.05) is 6.07 Å². The van der Waals surface area contributed by atoms with Crippen molar-refractivity contribution in [1.82, 2.24) is 0 Å². The van der Waals surface area contributed by atoms with Crippen molar-refractivity contribution in [3.05, 3.63) is 42.5 Å². The van der Waals surface area contributed by atoms with Gasteiger partial charge >= 0.3 is 0 Å². The highest BCUT2D eigenvalue weighted by Crippen LogP contribution is 2.38. The smallest absolute Gasteiger partial charge is 0.121 e. The lowest BCUT2D eigenvalue weighted by atomic mass is 10.2. The van der Waals surface area contributed by atoms with Crippen molar-refractivity contribution in [2.45, 2.75) is 9.79 Å². The van der Waals surface area contributed by atoms with Crippen LogP contribution in [-0.2, 0) is 10.8 Å². The van der Waals surface area contributed by atoms with Crippen LogP contribution in [0.3, 0.4) is 0 Å². The minimum atomic E-state index is -1.12. The van der Waals surface area contributed by atoms with Gasteiger partial charge in [0.2, 0.25) is 0 Å². The van der Waals surface area contributed by atoms with Crippen LogP contribution in [0.5, 0.6) is 5.75 Å². The Labute approximate surface area is 102 Å². The summed E-state index contributed by atoms with van der Waals surface area (Å²) in [6.45, 7) is 0. The second-order valence-electron chi connectivity index (χ2n) is 3.75. The van der Waals surface area contributed by atoms with Crippen LogP contribution < -0.4 is 10.1 Å². The van der Waals surface area contributed by atoms with Crippen molar-refractivity contribution >= 4 is 22.2 Å². The third kappa shape index (κ3) is 1.61. The van der Waals surface area contributed by atoms with Gasteiger partial charge in [0.25, 0.3) is 0 Å². The fourth-order valence-electron chi connectivity index (χ4n) is 1.89. The van der Waals surface area contributed by atoms with Crippen LogP contribution in [0.4, 0.5) is 11.4 Å². The van der Waals surface area contributed by atoms with Crippen molar-refractivity contribution in [2.75, 3.05) is 12.4 Å². The zero-order valence-corrected chi connectivity index (χ0v) is 10.1. The summed E-state index contributed by atoms with van der Waals surface area (Å²) in [5.74, 6) is 0.757. The summed E-state index contributed by atoms with van der Waals surface area (Å²) in [4.78, 5) is 1.62. The van der Waals surface area contributed by atoms with E-state index in [0.29, 0.717) is 0 Å². The van der Waals surface area contributed by atoms with E-state index in [1.165, 1.54) is 0 Å². The third-order valence-corrected chi connectivity index (χ3v) is 4.25. The Kier molecular flexibility index (Phi) is 2.37. The molecule has 0 fully saturated rings. The molecule has 0 aromatic heterocycles. The molecule has 2 aromatic carbocycles. The zero-order valence-electron chi connectivity index (χ0n) is 9.27. The highest BCUT2D eigenvalue weighted by atomic mass is 32.2. The molecule has 3 nitrogen and oxygen atoms in total. The lowest BCUT2D eigenvalue weighted by molar-refractivity contribution is 0.414. The van der Waals surface area contributed by atoms with Gasteiger partial charge in [-0.1, -0.05) is 12.1 Å². The number of hydrogen-bond donors (Lipinski definition) is 1. The van der Waals surface area contributed by atoms with Crippen LogP contribution in [-0.4, -0.2) is 11.3 Å². The van der Waals surface area contributed by atoms with Crippen LogP contribution in [0.25, 0.3) is 0 Å². The minimum Gasteiger partial charge on any atom is -0.497 e. The number of methoxy groups -OCH3 is 1. The standard InChI is InChI=1S/C13H11NO2S/c1-16-9-6-7-13-11(8-9)14-10-4-2-3-5-12(10)17(13)15/h2-8,14H,1H3. The molecule has 1 aliphatic rings. The molecule has 1 N–H and O–H groups in total. The van der Waals surface area contributed by atoms with Gasteiger partial charge in [0.05, 0.1) is 39.1 Å². The number of anilines is 2. The molecule has 0 saturated carbocycles. The first-order valence-electron chi connectivity index (χ1n) is 5.25. The molecule has 0 radical (unpaired) electrons. The number of ether oxygens (including phenoxy) is 1. The van der Waals surface area contributed by atoms with Crippen LogP contribution in [0.2, 0.25) is 0 Å². The first kappa shape index (κ1) is 10.4. The van der Waals surface area contributed by atoms with E-state index in [0.717, 1.165) is 26.9 Å². The molecule has 4 heteroatoms. The van der Waals surface area contributed by atoms with Crippen molar-refractivity contribution in [3.63, 3.8) is 0 Å². The van der Waals surface area contributed by atoms with Gasteiger partial charge in [0.15, 0.2) is 0 Å². The first-order chi connectivity index (χ1) is 8.29. The van der Waals surface area contributed by atoms with Crippen LogP contribution in [0.15, 0.2) is 52.3 Å². The molecule has 0 spiro atoms. The van der Waals surface area contributed by atoms with E-state index in [4.69, 9.17) is 4.74 Å². The summed E-state index contributed by atoms with van der Waals surface area (Å²) >= 11 is 0.